The second kappa shape index (κ2) is 8.62. The zero-order valence-corrected chi connectivity index (χ0v) is 13.4. The first-order chi connectivity index (χ1) is 9.79. The van der Waals surface area contributed by atoms with Crippen LogP contribution in [0, 0.1) is 0 Å². The molecule has 1 aliphatic heterocycles. The van der Waals surface area contributed by atoms with E-state index in [0.717, 1.165) is 41.9 Å². The van der Waals surface area contributed by atoms with E-state index in [1.165, 1.54) is 0 Å². The summed E-state index contributed by atoms with van der Waals surface area (Å²) < 4.78 is 17.8. The van der Waals surface area contributed by atoms with Gasteiger partial charge < -0.3 is 19.5 Å². The lowest BCUT2D eigenvalue weighted by Gasteiger charge is -2.23. The fraction of sp³-hybridized carbons (Fsp3) is 0.600. The summed E-state index contributed by atoms with van der Waals surface area (Å²) in [5.74, 6) is 0.948. The second-order valence-corrected chi connectivity index (χ2v) is 5.71. The summed E-state index contributed by atoms with van der Waals surface area (Å²) >= 11 is 3.50. The van der Waals surface area contributed by atoms with Crippen LogP contribution in [0.2, 0.25) is 0 Å². The van der Waals surface area contributed by atoms with Crippen LogP contribution in [0.25, 0.3) is 0 Å². The minimum Gasteiger partial charge on any atom is -0.493 e. The van der Waals surface area contributed by atoms with Crippen LogP contribution in [-0.4, -0.2) is 39.1 Å². The Balaban J connectivity index is 1.85. The molecule has 1 fully saturated rings. The van der Waals surface area contributed by atoms with Crippen molar-refractivity contribution in [3.05, 3.63) is 28.2 Å². The van der Waals surface area contributed by atoms with E-state index in [1.54, 1.807) is 0 Å². The van der Waals surface area contributed by atoms with Gasteiger partial charge in [-0.3, -0.25) is 0 Å². The lowest BCUT2D eigenvalue weighted by Crippen LogP contribution is -2.37. The van der Waals surface area contributed by atoms with Crippen LogP contribution in [0.3, 0.4) is 0 Å². The topological polar surface area (TPSA) is 39.7 Å². The molecule has 1 aromatic carbocycles. The molecular formula is C15H22BrNO3. The van der Waals surface area contributed by atoms with Gasteiger partial charge in [0.1, 0.15) is 5.75 Å². The zero-order chi connectivity index (χ0) is 14.2. The van der Waals surface area contributed by atoms with E-state index in [4.69, 9.17) is 14.2 Å². The van der Waals surface area contributed by atoms with Gasteiger partial charge in [-0.15, -0.1) is 0 Å². The van der Waals surface area contributed by atoms with E-state index in [1.807, 2.05) is 12.1 Å². The standard InChI is InChI=1S/C15H22BrNO3/c1-2-5-20-15-4-3-13(16)8-12(15)9-17-10-14-11-18-6-7-19-14/h3-4,8,14,17H,2,5-7,9-11H2,1H3. The lowest BCUT2D eigenvalue weighted by molar-refractivity contribution is -0.0864. The highest BCUT2D eigenvalue weighted by Gasteiger charge is 2.14. The molecule has 1 atom stereocenters. The van der Waals surface area contributed by atoms with Crippen LogP contribution in [0.1, 0.15) is 18.9 Å². The Hall–Kier alpha value is -0.620. The molecule has 1 aliphatic rings. The Kier molecular flexibility index (Phi) is 6.79. The molecule has 0 radical (unpaired) electrons. The maximum Gasteiger partial charge on any atom is 0.123 e. The fourth-order valence-corrected chi connectivity index (χ4v) is 2.47. The first kappa shape index (κ1) is 15.8. The van der Waals surface area contributed by atoms with Gasteiger partial charge in [0.2, 0.25) is 0 Å². The molecule has 0 aromatic heterocycles. The van der Waals surface area contributed by atoms with Crippen molar-refractivity contribution in [3.63, 3.8) is 0 Å². The van der Waals surface area contributed by atoms with Crippen molar-refractivity contribution in [2.24, 2.45) is 0 Å². The number of ether oxygens (including phenoxy) is 3. The Morgan fingerprint density at radius 1 is 1.40 bits per heavy atom. The third kappa shape index (κ3) is 5.05. The Morgan fingerprint density at radius 2 is 2.30 bits per heavy atom. The summed E-state index contributed by atoms with van der Waals surface area (Å²) in [6.07, 6.45) is 1.16. The van der Waals surface area contributed by atoms with Crippen molar-refractivity contribution in [2.75, 3.05) is 33.0 Å². The van der Waals surface area contributed by atoms with Gasteiger partial charge in [-0.2, -0.15) is 0 Å². The monoisotopic (exact) mass is 343 g/mol. The minimum atomic E-state index is 0.149. The quantitative estimate of drug-likeness (QED) is 0.826. The van der Waals surface area contributed by atoms with Gasteiger partial charge in [0, 0.05) is 23.1 Å². The Morgan fingerprint density at radius 3 is 3.05 bits per heavy atom. The predicted octanol–water partition coefficient (Wildman–Crippen LogP) is 2.74. The average Bonchev–Trinajstić information content (AvgIpc) is 2.47. The van der Waals surface area contributed by atoms with Gasteiger partial charge >= 0.3 is 0 Å². The SMILES string of the molecule is CCCOc1ccc(Br)cc1CNCC1COCCO1. The number of halogens is 1. The lowest BCUT2D eigenvalue weighted by atomic mass is 10.2. The summed E-state index contributed by atoms with van der Waals surface area (Å²) in [5, 5.41) is 3.41. The third-order valence-electron chi connectivity index (χ3n) is 3.06. The highest BCUT2D eigenvalue weighted by atomic mass is 79.9. The number of hydrogen-bond acceptors (Lipinski definition) is 4. The maximum absolute atomic E-state index is 5.77. The van der Waals surface area contributed by atoms with Crippen LogP contribution in [0.4, 0.5) is 0 Å². The van der Waals surface area contributed by atoms with E-state index in [0.29, 0.717) is 19.8 Å². The number of rotatable bonds is 7. The molecule has 5 heteroatoms. The van der Waals surface area contributed by atoms with Gasteiger partial charge in [-0.05, 0) is 24.6 Å². The van der Waals surface area contributed by atoms with Crippen molar-refractivity contribution in [2.45, 2.75) is 26.0 Å². The molecule has 1 heterocycles. The molecule has 1 saturated heterocycles. The number of benzene rings is 1. The molecule has 112 valence electrons. The van der Waals surface area contributed by atoms with Gasteiger partial charge in [-0.1, -0.05) is 22.9 Å². The maximum atomic E-state index is 5.77. The fourth-order valence-electron chi connectivity index (χ4n) is 2.06. The van der Waals surface area contributed by atoms with Gasteiger partial charge in [0.15, 0.2) is 0 Å². The van der Waals surface area contributed by atoms with Gasteiger partial charge in [0.25, 0.3) is 0 Å². The largest absolute Gasteiger partial charge is 0.493 e. The molecular weight excluding hydrogens is 322 g/mol. The van der Waals surface area contributed by atoms with Gasteiger partial charge in [-0.25, -0.2) is 0 Å². The molecule has 4 nitrogen and oxygen atoms in total. The van der Waals surface area contributed by atoms with Crippen molar-refractivity contribution in [1.29, 1.82) is 0 Å². The van der Waals surface area contributed by atoms with Gasteiger partial charge in [0.05, 0.1) is 32.5 Å². The van der Waals surface area contributed by atoms with E-state index >= 15 is 0 Å². The molecule has 0 spiro atoms. The van der Waals surface area contributed by atoms with E-state index in [9.17, 15) is 0 Å². The van der Waals surface area contributed by atoms with Crippen LogP contribution in [0.15, 0.2) is 22.7 Å². The normalized spacial score (nSPS) is 19.0. The van der Waals surface area contributed by atoms with Crippen molar-refractivity contribution >= 4 is 15.9 Å². The Bertz CT molecular complexity index is 408. The second-order valence-electron chi connectivity index (χ2n) is 4.80. The van der Waals surface area contributed by atoms with Crippen molar-refractivity contribution in [3.8, 4) is 5.75 Å². The summed E-state index contributed by atoms with van der Waals surface area (Å²) in [6.45, 7) is 6.47. The van der Waals surface area contributed by atoms with E-state index < -0.39 is 0 Å². The summed E-state index contributed by atoms with van der Waals surface area (Å²) in [4.78, 5) is 0. The van der Waals surface area contributed by atoms with E-state index in [2.05, 4.69) is 34.2 Å². The Labute approximate surface area is 128 Å². The molecule has 20 heavy (non-hydrogen) atoms. The van der Waals surface area contributed by atoms with Crippen molar-refractivity contribution in [1.82, 2.24) is 5.32 Å². The number of hydrogen-bond donors (Lipinski definition) is 1. The molecule has 0 aliphatic carbocycles. The molecule has 2 rings (SSSR count). The molecule has 0 amide bonds. The van der Waals surface area contributed by atoms with Crippen LogP contribution in [0.5, 0.6) is 5.75 Å². The van der Waals surface area contributed by atoms with Crippen LogP contribution < -0.4 is 10.1 Å². The van der Waals surface area contributed by atoms with Crippen molar-refractivity contribution < 1.29 is 14.2 Å². The molecule has 1 N–H and O–H groups in total. The average molecular weight is 344 g/mol. The summed E-state index contributed by atoms with van der Waals surface area (Å²) in [7, 11) is 0. The van der Waals surface area contributed by atoms with Crippen LogP contribution in [-0.2, 0) is 16.0 Å². The molecule has 0 bridgehead atoms. The highest BCUT2D eigenvalue weighted by molar-refractivity contribution is 9.10. The molecule has 0 saturated carbocycles. The number of nitrogens with one attached hydrogen (secondary N) is 1. The summed E-state index contributed by atoms with van der Waals surface area (Å²) in [6, 6.07) is 6.11. The minimum absolute atomic E-state index is 0.149. The van der Waals surface area contributed by atoms with Crippen LogP contribution >= 0.6 is 15.9 Å². The molecule has 1 aromatic rings. The molecule has 1 unspecified atom stereocenters. The summed E-state index contributed by atoms with van der Waals surface area (Å²) in [5.41, 5.74) is 1.16. The first-order valence-corrected chi connectivity index (χ1v) is 7.90. The smallest absolute Gasteiger partial charge is 0.123 e. The predicted molar refractivity (Wildman–Crippen MR) is 82.2 cm³/mol. The first-order valence-electron chi connectivity index (χ1n) is 7.11. The third-order valence-corrected chi connectivity index (χ3v) is 3.55. The van der Waals surface area contributed by atoms with E-state index in [-0.39, 0.29) is 6.10 Å². The highest BCUT2D eigenvalue weighted by Crippen LogP contribution is 2.23. The zero-order valence-electron chi connectivity index (χ0n) is 11.9.